The van der Waals surface area contributed by atoms with Crippen LogP contribution in [0.1, 0.15) is 12.8 Å². The quantitative estimate of drug-likeness (QED) is 0.442. The van der Waals surface area contributed by atoms with Crippen molar-refractivity contribution < 1.29 is 14.4 Å². The predicted octanol–water partition coefficient (Wildman–Crippen LogP) is -1.83. The average Bonchev–Trinajstić information content (AvgIpc) is 2.16. The van der Waals surface area contributed by atoms with E-state index in [1.807, 2.05) is 0 Å². The van der Waals surface area contributed by atoms with Crippen molar-refractivity contribution in [3.63, 3.8) is 0 Å². The lowest BCUT2D eigenvalue weighted by Gasteiger charge is -2.09. The monoisotopic (exact) mass is 213 g/mol. The molecule has 0 aliphatic carbocycles. The van der Waals surface area contributed by atoms with Gasteiger partial charge in [-0.1, -0.05) is 0 Å². The molecule has 1 aliphatic rings. The Kier molecular flexibility index (Phi) is 4.76. The van der Waals surface area contributed by atoms with E-state index in [9.17, 15) is 14.4 Å². The topological polar surface area (TPSA) is 87.3 Å². The van der Waals surface area contributed by atoms with E-state index in [1.165, 1.54) is 0 Å². The van der Waals surface area contributed by atoms with Crippen LogP contribution in [0, 0.1) is 0 Å². The van der Waals surface area contributed by atoms with E-state index >= 15 is 0 Å². The minimum Gasteiger partial charge on any atom is -0.355 e. The molecular formula is C9H15N3O3. The van der Waals surface area contributed by atoms with Crippen LogP contribution in [0.4, 0.5) is 0 Å². The van der Waals surface area contributed by atoms with Gasteiger partial charge in [-0.15, -0.1) is 0 Å². The first-order valence-corrected chi connectivity index (χ1v) is 4.94. The van der Waals surface area contributed by atoms with Crippen LogP contribution in [0.15, 0.2) is 0 Å². The minimum atomic E-state index is -0.198. The molecule has 0 saturated carbocycles. The van der Waals surface area contributed by atoms with E-state index in [0.29, 0.717) is 25.9 Å². The molecule has 2 amide bonds. The van der Waals surface area contributed by atoms with Crippen LogP contribution in [0.2, 0.25) is 0 Å². The molecule has 15 heavy (non-hydrogen) atoms. The van der Waals surface area contributed by atoms with Crippen LogP contribution in [0.3, 0.4) is 0 Å². The van der Waals surface area contributed by atoms with Crippen LogP contribution in [-0.2, 0) is 14.4 Å². The molecule has 1 heterocycles. The van der Waals surface area contributed by atoms with Crippen LogP contribution in [-0.4, -0.2) is 43.8 Å². The molecule has 3 N–H and O–H groups in total. The van der Waals surface area contributed by atoms with Crippen molar-refractivity contribution in [2.45, 2.75) is 12.8 Å². The van der Waals surface area contributed by atoms with Crippen LogP contribution in [0.25, 0.3) is 0 Å². The molecule has 0 aromatic carbocycles. The van der Waals surface area contributed by atoms with Crippen molar-refractivity contribution in [1.82, 2.24) is 16.0 Å². The maximum atomic E-state index is 11.2. The fourth-order valence-corrected chi connectivity index (χ4v) is 1.22. The normalized spacial score (nSPS) is 20.9. The van der Waals surface area contributed by atoms with Crippen molar-refractivity contribution in [3.8, 4) is 0 Å². The molecule has 0 radical (unpaired) electrons. The summed E-state index contributed by atoms with van der Waals surface area (Å²) in [7, 11) is 0. The molecule has 1 fully saturated rings. The summed E-state index contributed by atoms with van der Waals surface area (Å²) in [5.74, 6) is -0.350. The second-order valence-corrected chi connectivity index (χ2v) is 3.34. The maximum absolute atomic E-state index is 11.2. The van der Waals surface area contributed by atoms with Gasteiger partial charge in [-0.3, -0.25) is 19.7 Å². The molecule has 0 aromatic heterocycles. The highest BCUT2D eigenvalue weighted by molar-refractivity contribution is 5.83. The number of carbonyl (C=O) groups is 3. The van der Waals surface area contributed by atoms with Gasteiger partial charge in [0.1, 0.15) is 5.78 Å². The number of amides is 2. The summed E-state index contributed by atoms with van der Waals surface area (Å²) in [6, 6.07) is 0. The van der Waals surface area contributed by atoms with Crippen molar-refractivity contribution in [2.75, 3.05) is 26.2 Å². The van der Waals surface area contributed by atoms with E-state index in [1.54, 1.807) is 0 Å². The molecule has 0 unspecified atom stereocenters. The molecule has 0 bridgehead atoms. The van der Waals surface area contributed by atoms with E-state index in [0.717, 1.165) is 0 Å². The second kappa shape index (κ2) is 6.13. The lowest BCUT2D eigenvalue weighted by Crippen LogP contribution is -2.41. The van der Waals surface area contributed by atoms with Gasteiger partial charge in [-0.25, -0.2) is 0 Å². The van der Waals surface area contributed by atoms with Gasteiger partial charge in [0.2, 0.25) is 11.8 Å². The number of hydrogen-bond acceptors (Lipinski definition) is 4. The van der Waals surface area contributed by atoms with Gasteiger partial charge in [-0.05, 0) is 0 Å². The molecule has 1 aliphatic heterocycles. The number of hydrogen-bond donors (Lipinski definition) is 3. The number of ketones is 1. The Morgan fingerprint density at radius 2 is 1.27 bits per heavy atom. The third kappa shape index (κ3) is 5.11. The third-order valence-electron chi connectivity index (χ3n) is 2.02. The van der Waals surface area contributed by atoms with E-state index in [2.05, 4.69) is 16.0 Å². The Balaban J connectivity index is 2.40. The van der Waals surface area contributed by atoms with Gasteiger partial charge < -0.3 is 10.6 Å². The maximum Gasteiger partial charge on any atom is 0.233 e. The zero-order valence-electron chi connectivity index (χ0n) is 8.47. The smallest absolute Gasteiger partial charge is 0.233 e. The third-order valence-corrected chi connectivity index (χ3v) is 2.02. The Morgan fingerprint density at radius 3 is 1.73 bits per heavy atom. The van der Waals surface area contributed by atoms with Crippen molar-refractivity contribution in [2.24, 2.45) is 0 Å². The van der Waals surface area contributed by atoms with E-state index < -0.39 is 0 Å². The largest absolute Gasteiger partial charge is 0.355 e. The van der Waals surface area contributed by atoms with Crippen LogP contribution >= 0.6 is 0 Å². The summed E-state index contributed by atoms with van der Waals surface area (Å²) in [6.45, 7) is 0.934. The molecule has 1 saturated heterocycles. The summed E-state index contributed by atoms with van der Waals surface area (Å²) in [4.78, 5) is 33.4. The standard InChI is InChI=1S/C9H15N3O3/c13-7-1-3-11-8(14)5-10-6-9(15)12-4-2-7/h10H,1-6H2,(H,11,14)(H,12,15). The molecule has 0 spiro atoms. The Labute approximate surface area is 87.8 Å². The molecule has 0 aromatic rings. The number of rotatable bonds is 0. The summed E-state index contributed by atoms with van der Waals surface area (Å²) < 4.78 is 0. The highest BCUT2D eigenvalue weighted by Crippen LogP contribution is 1.88. The zero-order valence-corrected chi connectivity index (χ0v) is 8.47. The Bertz CT molecular complexity index is 205. The Hall–Kier alpha value is -1.43. The second-order valence-electron chi connectivity index (χ2n) is 3.34. The molecule has 6 nitrogen and oxygen atoms in total. The molecule has 84 valence electrons. The first kappa shape index (κ1) is 11.6. The minimum absolute atomic E-state index is 0.0455. The molecule has 0 atom stereocenters. The number of Topliss-reactive ketones (excluding diaryl/α,β-unsaturated/α-hetero) is 1. The van der Waals surface area contributed by atoms with E-state index in [4.69, 9.17) is 0 Å². The summed E-state index contributed by atoms with van der Waals surface area (Å²) in [6.07, 6.45) is 0.642. The fraction of sp³-hybridized carbons (Fsp3) is 0.667. The van der Waals surface area contributed by atoms with Gasteiger partial charge >= 0.3 is 0 Å². The highest BCUT2D eigenvalue weighted by Gasteiger charge is 2.08. The van der Waals surface area contributed by atoms with Crippen molar-refractivity contribution in [3.05, 3.63) is 0 Å². The molecule has 6 heteroatoms. The van der Waals surface area contributed by atoms with E-state index in [-0.39, 0.29) is 30.7 Å². The fourth-order valence-electron chi connectivity index (χ4n) is 1.22. The van der Waals surface area contributed by atoms with Gasteiger partial charge in [0.05, 0.1) is 13.1 Å². The average molecular weight is 213 g/mol. The summed E-state index contributed by atoms with van der Waals surface area (Å²) >= 11 is 0. The SMILES string of the molecule is O=C1CCNC(=O)CNCC(=O)NCC1. The first-order chi connectivity index (χ1) is 7.18. The first-order valence-electron chi connectivity index (χ1n) is 4.94. The highest BCUT2D eigenvalue weighted by atomic mass is 16.2. The van der Waals surface area contributed by atoms with Gasteiger partial charge in [0.15, 0.2) is 0 Å². The van der Waals surface area contributed by atoms with Gasteiger partial charge in [0, 0.05) is 25.9 Å². The number of carbonyl (C=O) groups excluding carboxylic acids is 3. The Morgan fingerprint density at radius 1 is 0.800 bits per heavy atom. The zero-order chi connectivity index (χ0) is 11.1. The number of nitrogens with one attached hydrogen (secondary N) is 3. The summed E-state index contributed by atoms with van der Waals surface area (Å²) in [5.41, 5.74) is 0. The van der Waals surface area contributed by atoms with Crippen LogP contribution < -0.4 is 16.0 Å². The lowest BCUT2D eigenvalue weighted by molar-refractivity contribution is -0.122. The summed E-state index contributed by atoms with van der Waals surface area (Å²) in [5, 5.41) is 7.89. The van der Waals surface area contributed by atoms with Crippen LogP contribution in [0.5, 0.6) is 0 Å². The molecule has 1 rings (SSSR count). The van der Waals surface area contributed by atoms with Gasteiger partial charge in [0.25, 0.3) is 0 Å². The predicted molar refractivity (Wildman–Crippen MR) is 53.1 cm³/mol. The molecular weight excluding hydrogens is 198 g/mol. The van der Waals surface area contributed by atoms with Gasteiger partial charge in [-0.2, -0.15) is 0 Å². The van der Waals surface area contributed by atoms with Crippen molar-refractivity contribution in [1.29, 1.82) is 0 Å². The van der Waals surface area contributed by atoms with Crippen molar-refractivity contribution >= 4 is 17.6 Å². The lowest BCUT2D eigenvalue weighted by atomic mass is 10.2.